The lowest BCUT2D eigenvalue weighted by Gasteiger charge is -2.16. The minimum absolute atomic E-state index is 0.00515. The van der Waals surface area contributed by atoms with Gasteiger partial charge in [0.2, 0.25) is 0 Å². The number of rotatable bonds is 8. The molecule has 0 spiro atoms. The molecule has 0 aliphatic rings. The molecule has 7 nitrogen and oxygen atoms in total. The van der Waals surface area contributed by atoms with E-state index in [2.05, 4.69) is 5.32 Å². The zero-order valence-corrected chi connectivity index (χ0v) is 17.8. The first-order valence-electron chi connectivity index (χ1n) is 9.59. The number of ether oxygens (including phenoxy) is 1. The van der Waals surface area contributed by atoms with E-state index in [1.165, 1.54) is 12.1 Å². The van der Waals surface area contributed by atoms with Gasteiger partial charge in [-0.2, -0.15) is 0 Å². The number of hydrogen-bond donors (Lipinski definition) is 3. The van der Waals surface area contributed by atoms with Crippen molar-refractivity contribution >= 4 is 29.4 Å². The summed E-state index contributed by atoms with van der Waals surface area (Å²) in [5, 5.41) is 20.9. The summed E-state index contributed by atoms with van der Waals surface area (Å²) in [5.74, 6) is -2.36. The predicted molar refractivity (Wildman–Crippen MR) is 119 cm³/mol. The van der Waals surface area contributed by atoms with Crippen molar-refractivity contribution in [3.63, 3.8) is 0 Å². The Morgan fingerprint density at radius 2 is 1.69 bits per heavy atom. The Hall–Kier alpha value is -3.84. The van der Waals surface area contributed by atoms with E-state index in [4.69, 9.17) is 21.4 Å². The predicted octanol–water partition coefficient (Wildman–Crippen LogP) is 4.14. The van der Waals surface area contributed by atoms with Gasteiger partial charge in [0.05, 0.1) is 23.3 Å². The number of halogens is 1. The van der Waals surface area contributed by atoms with Crippen molar-refractivity contribution in [2.45, 2.75) is 12.5 Å². The van der Waals surface area contributed by atoms with Crippen molar-refractivity contribution in [1.29, 1.82) is 0 Å². The summed E-state index contributed by atoms with van der Waals surface area (Å²) in [6.07, 6.45) is 0.0537. The van der Waals surface area contributed by atoms with Gasteiger partial charge in [0.15, 0.2) is 0 Å². The van der Waals surface area contributed by atoms with Crippen LogP contribution >= 0.6 is 11.6 Å². The summed E-state index contributed by atoms with van der Waals surface area (Å²) < 4.78 is 5.37. The molecule has 1 atom stereocenters. The smallest absolute Gasteiger partial charge is 0.335 e. The van der Waals surface area contributed by atoms with Crippen LogP contribution in [0.15, 0.2) is 66.7 Å². The number of carboxylic acid groups (broad SMARTS) is 2. The van der Waals surface area contributed by atoms with Gasteiger partial charge in [-0.05, 0) is 35.4 Å². The number of amides is 1. The standard InChI is InChI=1S/C24H20ClNO6/c1-32-21-5-3-2-4-17(21)15-8-6-14(7-9-15)12-20(24(30)31)26-22(27)18-11-10-16(23(28)29)13-19(18)25/h2-11,13,20H,12H2,1H3,(H,26,27)(H,28,29)(H,30,31)/t20-/m0/s1. The van der Waals surface area contributed by atoms with Gasteiger partial charge in [-0.25, -0.2) is 9.59 Å². The van der Waals surface area contributed by atoms with Crippen molar-refractivity contribution < 1.29 is 29.3 Å². The lowest BCUT2D eigenvalue weighted by atomic mass is 10.00. The van der Waals surface area contributed by atoms with Gasteiger partial charge in [0.1, 0.15) is 11.8 Å². The monoisotopic (exact) mass is 453 g/mol. The van der Waals surface area contributed by atoms with Gasteiger partial charge in [-0.3, -0.25) is 4.79 Å². The largest absolute Gasteiger partial charge is 0.496 e. The Bertz CT molecular complexity index is 1160. The van der Waals surface area contributed by atoms with Gasteiger partial charge in [-0.1, -0.05) is 54.1 Å². The Morgan fingerprint density at radius 3 is 2.28 bits per heavy atom. The summed E-state index contributed by atoms with van der Waals surface area (Å²) in [7, 11) is 1.59. The van der Waals surface area contributed by atoms with Crippen molar-refractivity contribution in [2.75, 3.05) is 7.11 Å². The molecule has 0 aliphatic carbocycles. The fourth-order valence-electron chi connectivity index (χ4n) is 3.21. The summed E-state index contributed by atoms with van der Waals surface area (Å²) in [6, 6.07) is 17.3. The van der Waals surface area contributed by atoms with Crippen LogP contribution in [0.2, 0.25) is 5.02 Å². The number of benzene rings is 3. The van der Waals surface area contributed by atoms with E-state index in [1.807, 2.05) is 36.4 Å². The molecule has 3 aromatic carbocycles. The molecule has 0 aromatic heterocycles. The molecule has 0 unspecified atom stereocenters. The molecule has 32 heavy (non-hydrogen) atoms. The minimum Gasteiger partial charge on any atom is -0.496 e. The maximum atomic E-state index is 12.5. The molecule has 3 rings (SSSR count). The van der Waals surface area contributed by atoms with Crippen molar-refractivity contribution in [3.05, 3.63) is 88.4 Å². The molecular weight excluding hydrogens is 434 g/mol. The van der Waals surface area contributed by atoms with Gasteiger partial charge in [-0.15, -0.1) is 0 Å². The van der Waals surface area contributed by atoms with Crippen LogP contribution in [0.5, 0.6) is 5.75 Å². The molecule has 0 bridgehead atoms. The van der Waals surface area contributed by atoms with E-state index in [1.54, 1.807) is 19.2 Å². The highest BCUT2D eigenvalue weighted by Crippen LogP contribution is 2.29. The highest BCUT2D eigenvalue weighted by atomic mass is 35.5. The zero-order chi connectivity index (χ0) is 23.3. The van der Waals surface area contributed by atoms with Crippen molar-refractivity contribution in [2.24, 2.45) is 0 Å². The highest BCUT2D eigenvalue weighted by molar-refractivity contribution is 6.34. The Morgan fingerprint density at radius 1 is 1.00 bits per heavy atom. The Balaban J connectivity index is 1.75. The quantitative estimate of drug-likeness (QED) is 0.472. The molecule has 1 amide bonds. The van der Waals surface area contributed by atoms with E-state index >= 15 is 0 Å². The van der Waals surface area contributed by atoms with Crippen molar-refractivity contribution in [1.82, 2.24) is 5.32 Å². The minimum atomic E-state index is -1.20. The molecule has 3 aromatic rings. The van der Waals surface area contributed by atoms with Gasteiger partial charge in [0, 0.05) is 12.0 Å². The number of nitrogens with one attached hydrogen (secondary N) is 1. The molecule has 0 fully saturated rings. The van der Waals surface area contributed by atoms with E-state index in [0.717, 1.165) is 22.9 Å². The average molecular weight is 454 g/mol. The fourth-order valence-corrected chi connectivity index (χ4v) is 3.47. The van der Waals surface area contributed by atoms with Gasteiger partial charge >= 0.3 is 11.9 Å². The first-order valence-corrected chi connectivity index (χ1v) is 9.96. The van der Waals surface area contributed by atoms with Crippen LogP contribution in [0, 0.1) is 0 Å². The lowest BCUT2D eigenvalue weighted by Crippen LogP contribution is -2.42. The number of carbonyl (C=O) groups excluding carboxylic acids is 1. The number of para-hydroxylation sites is 1. The fraction of sp³-hybridized carbons (Fsp3) is 0.125. The third-order valence-corrected chi connectivity index (χ3v) is 5.19. The molecule has 0 saturated heterocycles. The van der Waals surface area contributed by atoms with Crippen LogP contribution in [0.4, 0.5) is 0 Å². The second-order valence-corrected chi connectivity index (χ2v) is 7.37. The number of aromatic carboxylic acids is 1. The first-order chi connectivity index (χ1) is 15.3. The molecule has 8 heteroatoms. The number of hydrogen-bond acceptors (Lipinski definition) is 4. The normalized spacial score (nSPS) is 11.4. The summed E-state index contributed by atoms with van der Waals surface area (Å²) in [6.45, 7) is 0. The summed E-state index contributed by atoms with van der Waals surface area (Å²) in [4.78, 5) is 35.3. The molecule has 164 valence electrons. The van der Waals surface area contributed by atoms with E-state index in [9.17, 15) is 19.5 Å². The Kier molecular flexibility index (Phi) is 7.12. The molecule has 3 N–H and O–H groups in total. The van der Waals surface area contributed by atoms with Crippen molar-refractivity contribution in [3.8, 4) is 16.9 Å². The van der Waals surface area contributed by atoms with Crippen LogP contribution in [-0.2, 0) is 11.2 Å². The lowest BCUT2D eigenvalue weighted by molar-refractivity contribution is -0.139. The topological polar surface area (TPSA) is 113 Å². The number of carboxylic acids is 2. The molecule has 0 heterocycles. The van der Waals surface area contributed by atoms with Gasteiger partial charge in [0.25, 0.3) is 5.91 Å². The van der Waals surface area contributed by atoms with Crippen LogP contribution in [0.3, 0.4) is 0 Å². The SMILES string of the molecule is COc1ccccc1-c1ccc(C[C@H](NC(=O)c2ccc(C(=O)O)cc2Cl)C(=O)O)cc1. The highest BCUT2D eigenvalue weighted by Gasteiger charge is 2.23. The second kappa shape index (κ2) is 9.98. The number of aliphatic carboxylic acids is 1. The third kappa shape index (κ3) is 5.25. The number of carbonyl (C=O) groups is 3. The van der Waals surface area contributed by atoms with E-state index < -0.39 is 23.9 Å². The van der Waals surface area contributed by atoms with Crippen LogP contribution in [0.1, 0.15) is 26.3 Å². The number of methoxy groups -OCH3 is 1. The molecule has 0 radical (unpaired) electrons. The maximum Gasteiger partial charge on any atom is 0.335 e. The Labute approximate surface area is 189 Å². The molecule has 0 aliphatic heterocycles. The van der Waals surface area contributed by atoms with Crippen LogP contribution in [-0.4, -0.2) is 41.2 Å². The second-order valence-electron chi connectivity index (χ2n) is 6.97. The summed E-state index contributed by atoms with van der Waals surface area (Å²) in [5.41, 5.74) is 2.45. The zero-order valence-electron chi connectivity index (χ0n) is 17.0. The molecule has 0 saturated carbocycles. The maximum absolute atomic E-state index is 12.5. The van der Waals surface area contributed by atoms with Crippen LogP contribution in [0.25, 0.3) is 11.1 Å². The summed E-state index contributed by atoms with van der Waals surface area (Å²) >= 11 is 6.01. The van der Waals surface area contributed by atoms with Crippen LogP contribution < -0.4 is 10.1 Å². The third-order valence-electron chi connectivity index (χ3n) is 4.88. The van der Waals surface area contributed by atoms with E-state index in [-0.39, 0.29) is 22.6 Å². The molecular formula is C24H20ClNO6. The first kappa shape index (κ1) is 22.8. The van der Waals surface area contributed by atoms with E-state index in [0.29, 0.717) is 5.56 Å². The average Bonchev–Trinajstić information content (AvgIpc) is 2.78. The van der Waals surface area contributed by atoms with Gasteiger partial charge < -0.3 is 20.3 Å².